The Morgan fingerprint density at radius 3 is 2.33 bits per heavy atom. The highest BCUT2D eigenvalue weighted by molar-refractivity contribution is 5.30. The molecule has 0 aliphatic heterocycles. The number of hydrogen-bond donors (Lipinski definition) is 1. The minimum absolute atomic E-state index is 0.278. The third-order valence-corrected chi connectivity index (χ3v) is 2.37. The molecule has 2 heterocycles. The number of H-pyrrole nitrogens is 1. The van der Waals surface area contributed by atoms with Crippen molar-refractivity contribution in [2.45, 2.75) is 32.4 Å². The van der Waals surface area contributed by atoms with Crippen LogP contribution in [0.15, 0.2) is 10.9 Å². The average molecular weight is 260 g/mol. The highest BCUT2D eigenvalue weighted by Crippen LogP contribution is 2.26. The van der Waals surface area contributed by atoms with E-state index in [2.05, 4.69) is 9.97 Å². The van der Waals surface area contributed by atoms with Gasteiger partial charge in [-0.3, -0.25) is 9.89 Å². The van der Waals surface area contributed by atoms with E-state index in [1.807, 2.05) is 25.9 Å². The summed E-state index contributed by atoms with van der Waals surface area (Å²) in [6, 6.07) is 1.20. The Kier molecular flexibility index (Phi) is 2.49. The van der Waals surface area contributed by atoms with Crippen LogP contribution in [-0.2, 0) is 11.6 Å². The third kappa shape index (κ3) is 2.09. The molecule has 5 nitrogen and oxygen atoms in total. The van der Waals surface area contributed by atoms with Crippen molar-refractivity contribution >= 4 is 5.78 Å². The van der Waals surface area contributed by atoms with Gasteiger partial charge in [-0.15, -0.1) is 0 Å². The van der Waals surface area contributed by atoms with Gasteiger partial charge in [0.15, 0.2) is 0 Å². The SMILES string of the molecule is CC(C)(C)c1cc(=O)n2[nH]c(C(F)(F)F)nc2n1. The molecule has 18 heavy (non-hydrogen) atoms. The van der Waals surface area contributed by atoms with Crippen LogP contribution in [-0.4, -0.2) is 19.6 Å². The van der Waals surface area contributed by atoms with Crippen LogP contribution in [0.25, 0.3) is 5.78 Å². The molecule has 8 heteroatoms. The molecule has 2 rings (SSSR count). The molecule has 0 atom stereocenters. The van der Waals surface area contributed by atoms with E-state index in [0.717, 1.165) is 0 Å². The first-order chi connectivity index (χ1) is 8.09. The van der Waals surface area contributed by atoms with Crippen molar-refractivity contribution in [1.29, 1.82) is 0 Å². The zero-order valence-corrected chi connectivity index (χ0v) is 9.96. The molecule has 0 aliphatic carbocycles. The molecule has 0 aromatic carbocycles. The molecule has 0 radical (unpaired) electrons. The van der Waals surface area contributed by atoms with E-state index in [0.29, 0.717) is 10.2 Å². The number of aromatic amines is 1. The van der Waals surface area contributed by atoms with E-state index in [1.165, 1.54) is 6.07 Å². The van der Waals surface area contributed by atoms with Gasteiger partial charge >= 0.3 is 6.18 Å². The Balaban J connectivity index is 2.71. The minimum Gasteiger partial charge on any atom is -0.267 e. The Morgan fingerprint density at radius 1 is 1.22 bits per heavy atom. The van der Waals surface area contributed by atoms with Crippen LogP contribution in [0.5, 0.6) is 0 Å². The van der Waals surface area contributed by atoms with E-state index < -0.39 is 23.0 Å². The van der Waals surface area contributed by atoms with Gasteiger partial charge in [0.25, 0.3) is 11.3 Å². The molecule has 0 spiro atoms. The number of aromatic nitrogens is 4. The lowest BCUT2D eigenvalue weighted by Crippen LogP contribution is -2.22. The van der Waals surface area contributed by atoms with Crippen LogP contribution < -0.4 is 5.56 Å². The maximum absolute atomic E-state index is 12.5. The topological polar surface area (TPSA) is 63.0 Å². The van der Waals surface area contributed by atoms with Gasteiger partial charge in [-0.05, 0) is 0 Å². The van der Waals surface area contributed by atoms with Crippen molar-refractivity contribution in [3.05, 3.63) is 27.9 Å². The molecule has 0 saturated heterocycles. The van der Waals surface area contributed by atoms with Gasteiger partial charge in [0.05, 0.1) is 5.69 Å². The third-order valence-electron chi connectivity index (χ3n) is 2.37. The Morgan fingerprint density at radius 2 is 1.83 bits per heavy atom. The Hall–Kier alpha value is -1.86. The lowest BCUT2D eigenvalue weighted by Gasteiger charge is -2.16. The van der Waals surface area contributed by atoms with E-state index in [4.69, 9.17) is 0 Å². The van der Waals surface area contributed by atoms with Crippen LogP contribution in [0.1, 0.15) is 32.3 Å². The summed E-state index contributed by atoms with van der Waals surface area (Å²) in [6.07, 6.45) is -4.64. The number of hydrogen-bond acceptors (Lipinski definition) is 3. The molecule has 0 bridgehead atoms. The van der Waals surface area contributed by atoms with Crippen molar-refractivity contribution in [3.63, 3.8) is 0 Å². The second-order valence-corrected chi connectivity index (χ2v) is 4.94. The fourth-order valence-electron chi connectivity index (χ4n) is 1.39. The number of alkyl halides is 3. The second-order valence-electron chi connectivity index (χ2n) is 4.94. The number of nitrogens with one attached hydrogen (secondary N) is 1. The minimum atomic E-state index is -4.64. The van der Waals surface area contributed by atoms with Crippen molar-refractivity contribution < 1.29 is 13.2 Å². The summed E-state index contributed by atoms with van der Waals surface area (Å²) in [5.41, 5.74) is -0.661. The standard InChI is InChI=1S/C10H11F3N4O/c1-9(2,3)5-4-6(18)17-8(14-5)15-7(16-17)10(11,12)13/h4H,1-3H3,(H,14,15,16). The molecule has 0 unspecified atom stereocenters. The highest BCUT2D eigenvalue weighted by Gasteiger charge is 2.35. The predicted molar refractivity (Wildman–Crippen MR) is 57.3 cm³/mol. The van der Waals surface area contributed by atoms with E-state index >= 15 is 0 Å². The largest absolute Gasteiger partial charge is 0.451 e. The van der Waals surface area contributed by atoms with Gasteiger partial charge in [0, 0.05) is 11.5 Å². The lowest BCUT2D eigenvalue weighted by molar-refractivity contribution is -0.144. The van der Waals surface area contributed by atoms with Crippen LogP contribution >= 0.6 is 0 Å². The van der Waals surface area contributed by atoms with Crippen LogP contribution in [0.4, 0.5) is 13.2 Å². The normalized spacial score (nSPS) is 13.2. The van der Waals surface area contributed by atoms with Crippen molar-refractivity contribution in [2.75, 3.05) is 0 Å². The van der Waals surface area contributed by atoms with Crippen molar-refractivity contribution in [2.24, 2.45) is 0 Å². The summed E-state index contributed by atoms with van der Waals surface area (Å²) in [7, 11) is 0. The van der Waals surface area contributed by atoms with Crippen LogP contribution in [0.2, 0.25) is 0 Å². The van der Waals surface area contributed by atoms with E-state index in [1.54, 1.807) is 0 Å². The Labute approximate surface area is 99.7 Å². The number of rotatable bonds is 0. The van der Waals surface area contributed by atoms with Crippen LogP contribution in [0, 0.1) is 0 Å². The van der Waals surface area contributed by atoms with Gasteiger partial charge in [-0.25, -0.2) is 4.98 Å². The summed E-state index contributed by atoms with van der Waals surface area (Å²) in [5, 5.41) is 1.89. The first kappa shape index (κ1) is 12.6. The maximum atomic E-state index is 12.5. The summed E-state index contributed by atoms with van der Waals surface area (Å²) < 4.78 is 38.0. The number of fused-ring (bicyclic) bond motifs is 1. The lowest BCUT2D eigenvalue weighted by atomic mass is 9.92. The summed E-state index contributed by atoms with van der Waals surface area (Å²) in [6.45, 7) is 5.42. The highest BCUT2D eigenvalue weighted by atomic mass is 19.4. The van der Waals surface area contributed by atoms with Crippen molar-refractivity contribution in [3.8, 4) is 0 Å². The molecule has 0 aliphatic rings. The number of halogens is 3. The van der Waals surface area contributed by atoms with E-state index in [-0.39, 0.29) is 5.78 Å². The number of nitrogens with zero attached hydrogens (tertiary/aromatic N) is 3. The van der Waals surface area contributed by atoms with Crippen LogP contribution in [0.3, 0.4) is 0 Å². The van der Waals surface area contributed by atoms with Gasteiger partial charge in [0.1, 0.15) is 0 Å². The molecule has 1 N–H and O–H groups in total. The zero-order valence-electron chi connectivity index (χ0n) is 9.96. The van der Waals surface area contributed by atoms with Gasteiger partial charge < -0.3 is 0 Å². The maximum Gasteiger partial charge on any atom is 0.451 e. The summed E-state index contributed by atoms with van der Waals surface area (Å²) >= 11 is 0. The predicted octanol–water partition coefficient (Wildman–Crippen LogP) is 1.73. The molecular formula is C10H11F3N4O. The first-order valence-corrected chi connectivity index (χ1v) is 5.16. The molecule has 2 aromatic heterocycles. The van der Waals surface area contributed by atoms with Gasteiger partial charge in [-0.2, -0.15) is 22.7 Å². The monoisotopic (exact) mass is 260 g/mol. The quantitative estimate of drug-likeness (QED) is 0.784. The molecule has 0 saturated carbocycles. The first-order valence-electron chi connectivity index (χ1n) is 5.16. The molecule has 0 amide bonds. The average Bonchev–Trinajstić information content (AvgIpc) is 2.59. The fourth-order valence-corrected chi connectivity index (χ4v) is 1.39. The van der Waals surface area contributed by atoms with Gasteiger partial charge in [0.2, 0.25) is 5.82 Å². The molecule has 98 valence electrons. The second kappa shape index (κ2) is 3.56. The smallest absolute Gasteiger partial charge is 0.267 e. The molecular weight excluding hydrogens is 249 g/mol. The summed E-state index contributed by atoms with van der Waals surface area (Å²) in [5.74, 6) is -1.52. The van der Waals surface area contributed by atoms with E-state index in [9.17, 15) is 18.0 Å². The fraction of sp³-hybridized carbons (Fsp3) is 0.500. The van der Waals surface area contributed by atoms with Gasteiger partial charge in [-0.1, -0.05) is 20.8 Å². The molecule has 2 aromatic rings. The zero-order chi connectivity index (χ0) is 13.7. The molecule has 0 fully saturated rings. The van der Waals surface area contributed by atoms with Crippen molar-refractivity contribution in [1.82, 2.24) is 19.6 Å². The summed E-state index contributed by atoms with van der Waals surface area (Å²) in [4.78, 5) is 18.9. The Bertz CT molecular complexity index is 648.